The van der Waals surface area contributed by atoms with Crippen LogP contribution in [0.1, 0.15) is 5.56 Å². The van der Waals surface area contributed by atoms with Crippen LogP contribution >= 0.6 is 11.6 Å². The van der Waals surface area contributed by atoms with E-state index in [1.807, 2.05) is 0 Å². The molecule has 1 amide bonds. The van der Waals surface area contributed by atoms with Crippen molar-refractivity contribution in [3.05, 3.63) is 47.1 Å². The Balaban J connectivity index is 2.15. The number of halogens is 1. The number of benzene rings is 1. The highest BCUT2D eigenvalue weighted by molar-refractivity contribution is 6.30. The number of carbonyl (C=O) groups excluding carboxylic acids is 1. The minimum Gasteiger partial charge on any atom is -0.493 e. The number of hydrogen-bond donors (Lipinski definition) is 1. The lowest BCUT2D eigenvalue weighted by atomic mass is 10.1. The Morgan fingerprint density at radius 1 is 1.12 bits per heavy atom. The number of pyridine rings is 1. The van der Waals surface area contributed by atoms with Gasteiger partial charge in [-0.15, -0.1) is 0 Å². The molecule has 1 aromatic heterocycles. The van der Waals surface area contributed by atoms with Crippen LogP contribution in [0.4, 0.5) is 5.82 Å². The third-order valence-corrected chi connectivity index (χ3v) is 3.32. The van der Waals surface area contributed by atoms with Crippen LogP contribution in [0.15, 0.2) is 36.5 Å². The molecule has 0 unspecified atom stereocenters. The van der Waals surface area contributed by atoms with E-state index in [0.717, 1.165) is 5.56 Å². The monoisotopic (exact) mass is 348 g/mol. The molecule has 6 nitrogen and oxygen atoms in total. The van der Waals surface area contributed by atoms with Gasteiger partial charge in [0.05, 0.1) is 26.4 Å². The van der Waals surface area contributed by atoms with E-state index in [-0.39, 0.29) is 5.91 Å². The highest BCUT2D eigenvalue weighted by atomic mass is 35.5. The predicted molar refractivity (Wildman–Crippen MR) is 93.0 cm³/mol. The van der Waals surface area contributed by atoms with Crippen molar-refractivity contribution in [2.75, 3.05) is 26.6 Å². The van der Waals surface area contributed by atoms with Crippen molar-refractivity contribution >= 4 is 29.4 Å². The van der Waals surface area contributed by atoms with Gasteiger partial charge in [-0.25, -0.2) is 4.98 Å². The van der Waals surface area contributed by atoms with Gasteiger partial charge in [0.1, 0.15) is 5.82 Å². The molecule has 0 saturated carbocycles. The molecule has 2 aromatic rings. The molecule has 0 radical (unpaired) electrons. The molecule has 0 saturated heterocycles. The van der Waals surface area contributed by atoms with Crippen molar-refractivity contribution in [3.8, 4) is 17.2 Å². The lowest BCUT2D eigenvalue weighted by Crippen LogP contribution is -2.08. The van der Waals surface area contributed by atoms with Crippen LogP contribution in [-0.2, 0) is 4.79 Å². The minimum atomic E-state index is -0.321. The van der Waals surface area contributed by atoms with E-state index in [2.05, 4.69) is 10.3 Å². The maximum absolute atomic E-state index is 11.9. The molecule has 0 aliphatic heterocycles. The number of hydrogen-bond acceptors (Lipinski definition) is 5. The molecule has 0 fully saturated rings. The maximum atomic E-state index is 11.9. The molecule has 1 aromatic carbocycles. The molecule has 24 heavy (non-hydrogen) atoms. The smallest absolute Gasteiger partial charge is 0.249 e. The van der Waals surface area contributed by atoms with Crippen LogP contribution in [0, 0.1) is 0 Å². The first-order chi connectivity index (χ1) is 11.6. The standard InChI is InChI=1S/C17H17ClN2O4/c1-22-13-8-11(9-14(23-2)17(13)24-3)4-7-16(21)20-15-6-5-12(18)10-19-15/h4-10H,1-3H3,(H,19,20,21). The summed E-state index contributed by atoms with van der Waals surface area (Å²) >= 11 is 5.75. The second-order valence-electron chi connectivity index (χ2n) is 4.64. The van der Waals surface area contributed by atoms with Gasteiger partial charge >= 0.3 is 0 Å². The summed E-state index contributed by atoms with van der Waals surface area (Å²) in [4.78, 5) is 15.9. The van der Waals surface area contributed by atoms with Gasteiger partial charge in [-0.1, -0.05) is 11.6 Å². The third kappa shape index (κ3) is 4.39. The largest absolute Gasteiger partial charge is 0.493 e. The fourth-order valence-corrected chi connectivity index (χ4v) is 2.10. The minimum absolute atomic E-state index is 0.321. The number of nitrogens with one attached hydrogen (secondary N) is 1. The highest BCUT2D eigenvalue weighted by Crippen LogP contribution is 2.38. The molecule has 2 rings (SSSR count). The molecule has 0 bridgehead atoms. The fraction of sp³-hybridized carbons (Fsp3) is 0.176. The van der Waals surface area contributed by atoms with E-state index in [1.165, 1.54) is 33.6 Å². The molecule has 1 N–H and O–H groups in total. The second kappa shape index (κ2) is 8.21. The summed E-state index contributed by atoms with van der Waals surface area (Å²) in [6.45, 7) is 0. The van der Waals surface area contributed by atoms with E-state index in [1.54, 1.807) is 30.3 Å². The normalized spacial score (nSPS) is 10.5. The van der Waals surface area contributed by atoms with Crippen LogP contribution in [-0.4, -0.2) is 32.2 Å². The Morgan fingerprint density at radius 3 is 2.29 bits per heavy atom. The van der Waals surface area contributed by atoms with Gasteiger partial charge in [-0.3, -0.25) is 4.79 Å². The number of carbonyl (C=O) groups is 1. The second-order valence-corrected chi connectivity index (χ2v) is 5.08. The van der Waals surface area contributed by atoms with Crippen molar-refractivity contribution < 1.29 is 19.0 Å². The first-order valence-corrected chi connectivity index (χ1v) is 7.35. The van der Waals surface area contributed by atoms with Gasteiger partial charge < -0.3 is 19.5 Å². The fourth-order valence-electron chi connectivity index (χ4n) is 1.99. The summed E-state index contributed by atoms with van der Waals surface area (Å²) in [5.74, 6) is 1.61. The molecule has 0 aliphatic carbocycles. The highest BCUT2D eigenvalue weighted by Gasteiger charge is 2.12. The van der Waals surface area contributed by atoms with Crippen LogP contribution in [0.25, 0.3) is 6.08 Å². The average Bonchev–Trinajstić information content (AvgIpc) is 2.60. The topological polar surface area (TPSA) is 69.7 Å². The third-order valence-electron chi connectivity index (χ3n) is 3.09. The Morgan fingerprint density at radius 2 is 1.79 bits per heavy atom. The number of methoxy groups -OCH3 is 3. The maximum Gasteiger partial charge on any atom is 0.249 e. The van der Waals surface area contributed by atoms with Gasteiger partial charge in [0, 0.05) is 12.3 Å². The van der Waals surface area contributed by atoms with Gasteiger partial charge in [-0.2, -0.15) is 0 Å². The van der Waals surface area contributed by atoms with Crippen molar-refractivity contribution in [3.63, 3.8) is 0 Å². The zero-order chi connectivity index (χ0) is 17.5. The molecular formula is C17H17ClN2O4. The number of anilines is 1. The summed E-state index contributed by atoms with van der Waals surface area (Å²) in [5.41, 5.74) is 0.726. The lowest BCUT2D eigenvalue weighted by Gasteiger charge is -2.12. The van der Waals surface area contributed by atoms with Gasteiger partial charge in [0.15, 0.2) is 11.5 Å². The van der Waals surface area contributed by atoms with Gasteiger partial charge in [0.2, 0.25) is 11.7 Å². The summed E-state index contributed by atoms with van der Waals surface area (Å²) in [6, 6.07) is 6.75. The number of ether oxygens (including phenoxy) is 3. The molecule has 0 atom stereocenters. The quantitative estimate of drug-likeness (QED) is 0.810. The lowest BCUT2D eigenvalue weighted by molar-refractivity contribution is -0.111. The average molecular weight is 349 g/mol. The Labute approximate surface area is 145 Å². The first-order valence-electron chi connectivity index (χ1n) is 6.98. The molecular weight excluding hydrogens is 332 g/mol. The van der Waals surface area contributed by atoms with Crippen molar-refractivity contribution in [2.45, 2.75) is 0 Å². The van der Waals surface area contributed by atoms with Crippen LogP contribution in [0.2, 0.25) is 5.02 Å². The molecule has 0 aliphatic rings. The summed E-state index contributed by atoms with van der Waals surface area (Å²) in [6.07, 6.45) is 4.48. The molecule has 126 valence electrons. The Kier molecular flexibility index (Phi) is 6.03. The number of aromatic nitrogens is 1. The summed E-state index contributed by atoms with van der Waals surface area (Å²) in [7, 11) is 4.59. The predicted octanol–water partition coefficient (Wildman–Crippen LogP) is 3.41. The first kappa shape index (κ1) is 17.6. The molecule has 1 heterocycles. The number of amides is 1. The van der Waals surface area contributed by atoms with Gasteiger partial charge in [-0.05, 0) is 35.9 Å². The van der Waals surface area contributed by atoms with E-state index in [0.29, 0.717) is 28.1 Å². The molecule has 7 heteroatoms. The Hall–Kier alpha value is -2.73. The van der Waals surface area contributed by atoms with Gasteiger partial charge in [0.25, 0.3) is 0 Å². The van der Waals surface area contributed by atoms with E-state index in [4.69, 9.17) is 25.8 Å². The van der Waals surface area contributed by atoms with Crippen molar-refractivity contribution in [1.29, 1.82) is 0 Å². The van der Waals surface area contributed by atoms with E-state index in [9.17, 15) is 4.79 Å². The van der Waals surface area contributed by atoms with Crippen molar-refractivity contribution in [2.24, 2.45) is 0 Å². The Bertz CT molecular complexity index is 720. The van der Waals surface area contributed by atoms with E-state index < -0.39 is 0 Å². The van der Waals surface area contributed by atoms with Crippen LogP contribution in [0.3, 0.4) is 0 Å². The summed E-state index contributed by atoms with van der Waals surface area (Å²) < 4.78 is 15.8. The zero-order valence-corrected chi connectivity index (χ0v) is 14.3. The molecule has 0 spiro atoms. The number of rotatable bonds is 6. The number of nitrogens with zero attached hydrogens (tertiary/aromatic N) is 1. The van der Waals surface area contributed by atoms with Crippen LogP contribution in [0.5, 0.6) is 17.2 Å². The van der Waals surface area contributed by atoms with Crippen molar-refractivity contribution in [1.82, 2.24) is 4.98 Å². The van der Waals surface area contributed by atoms with Crippen LogP contribution < -0.4 is 19.5 Å². The SMILES string of the molecule is COc1cc(C=CC(=O)Nc2ccc(Cl)cn2)cc(OC)c1OC. The zero-order valence-electron chi connectivity index (χ0n) is 13.5. The summed E-state index contributed by atoms with van der Waals surface area (Å²) in [5, 5.41) is 3.14. The van der Waals surface area contributed by atoms with E-state index >= 15 is 0 Å².